The molecule has 0 saturated heterocycles. The van der Waals surface area contributed by atoms with Gasteiger partial charge in [0.1, 0.15) is 18.4 Å². The lowest BCUT2D eigenvalue weighted by molar-refractivity contribution is -0.177. The Morgan fingerprint density at radius 1 is 1.35 bits per heavy atom. The summed E-state index contributed by atoms with van der Waals surface area (Å²) in [6.45, 7) is 0.203. The maximum Gasteiger partial charge on any atom is 0.411 e. The molecule has 0 aliphatic rings. The van der Waals surface area contributed by atoms with Crippen LogP contribution in [0.4, 0.5) is 13.2 Å². The molecular weight excluding hydrogens is 324 g/mol. The van der Waals surface area contributed by atoms with Crippen molar-refractivity contribution in [1.29, 1.82) is 0 Å². The van der Waals surface area contributed by atoms with Crippen LogP contribution in [0.3, 0.4) is 0 Å². The summed E-state index contributed by atoms with van der Waals surface area (Å²) in [7, 11) is 0. The third-order valence-electron chi connectivity index (χ3n) is 1.76. The second-order valence-corrected chi connectivity index (χ2v) is 4.30. The number of aryl methyl sites for hydroxylation is 1. The molecule has 0 aliphatic heterocycles. The molecule has 0 radical (unpaired) electrons. The van der Waals surface area contributed by atoms with Gasteiger partial charge in [0.2, 0.25) is 0 Å². The van der Waals surface area contributed by atoms with Crippen molar-refractivity contribution in [2.45, 2.75) is 26.1 Å². The molecule has 96 valence electrons. The van der Waals surface area contributed by atoms with Gasteiger partial charge in [0, 0.05) is 0 Å². The van der Waals surface area contributed by atoms with Gasteiger partial charge in [-0.1, -0.05) is 18.5 Å². The molecule has 0 fully saturated rings. The number of hydrogen-bond acceptors (Lipinski definition) is 3. The van der Waals surface area contributed by atoms with Crippen molar-refractivity contribution in [2.75, 3.05) is 6.61 Å². The minimum Gasteiger partial charge on any atom is -0.364 e. The minimum atomic E-state index is -4.35. The van der Waals surface area contributed by atoms with E-state index in [0.29, 0.717) is 16.6 Å². The SMILES string of the molecule is CCc1nc(COCC(F)(F)F)nc(Cl)c1Br. The molecule has 1 rings (SSSR count). The first kappa shape index (κ1) is 14.7. The van der Waals surface area contributed by atoms with Crippen LogP contribution in [-0.2, 0) is 17.8 Å². The third kappa shape index (κ3) is 4.77. The van der Waals surface area contributed by atoms with Crippen LogP contribution in [0, 0.1) is 0 Å². The van der Waals surface area contributed by atoms with Gasteiger partial charge in [-0.25, -0.2) is 9.97 Å². The Morgan fingerprint density at radius 3 is 2.53 bits per heavy atom. The highest BCUT2D eigenvalue weighted by molar-refractivity contribution is 9.10. The van der Waals surface area contributed by atoms with E-state index in [0.717, 1.165) is 0 Å². The molecule has 0 spiro atoms. The average Bonchev–Trinajstić information content (AvgIpc) is 2.21. The number of alkyl halides is 3. The molecule has 0 aromatic carbocycles. The summed E-state index contributed by atoms with van der Waals surface area (Å²) < 4.78 is 40.6. The largest absolute Gasteiger partial charge is 0.411 e. The first-order valence-corrected chi connectivity index (χ1v) is 5.86. The van der Waals surface area contributed by atoms with Crippen molar-refractivity contribution in [3.8, 4) is 0 Å². The number of aromatic nitrogens is 2. The molecule has 1 heterocycles. The molecule has 3 nitrogen and oxygen atoms in total. The smallest absolute Gasteiger partial charge is 0.364 e. The Bertz CT molecular complexity index is 401. The normalized spacial score (nSPS) is 11.9. The fraction of sp³-hybridized carbons (Fsp3) is 0.556. The summed E-state index contributed by atoms with van der Waals surface area (Å²) in [6.07, 6.45) is -3.76. The van der Waals surface area contributed by atoms with Crippen molar-refractivity contribution in [2.24, 2.45) is 0 Å². The van der Waals surface area contributed by atoms with Gasteiger partial charge in [0.05, 0.1) is 10.2 Å². The van der Waals surface area contributed by atoms with E-state index >= 15 is 0 Å². The lowest BCUT2D eigenvalue weighted by Gasteiger charge is -2.09. The molecule has 1 aromatic rings. The van der Waals surface area contributed by atoms with Gasteiger partial charge in [0.25, 0.3) is 0 Å². The average molecular weight is 334 g/mol. The fourth-order valence-corrected chi connectivity index (χ4v) is 1.73. The zero-order chi connectivity index (χ0) is 13.1. The first-order chi connectivity index (χ1) is 7.83. The highest BCUT2D eigenvalue weighted by Gasteiger charge is 2.27. The van der Waals surface area contributed by atoms with Crippen LogP contribution in [0.2, 0.25) is 5.15 Å². The zero-order valence-corrected chi connectivity index (χ0v) is 11.2. The lowest BCUT2D eigenvalue weighted by atomic mass is 10.3. The maximum atomic E-state index is 11.8. The highest BCUT2D eigenvalue weighted by atomic mass is 79.9. The maximum absolute atomic E-state index is 11.8. The number of rotatable bonds is 4. The zero-order valence-electron chi connectivity index (χ0n) is 8.81. The Morgan fingerprint density at radius 2 is 2.00 bits per heavy atom. The summed E-state index contributed by atoms with van der Waals surface area (Å²) in [6, 6.07) is 0. The van der Waals surface area contributed by atoms with Gasteiger partial charge >= 0.3 is 6.18 Å². The van der Waals surface area contributed by atoms with Gasteiger partial charge in [-0.05, 0) is 22.4 Å². The fourth-order valence-electron chi connectivity index (χ4n) is 1.07. The molecule has 0 saturated carbocycles. The predicted molar refractivity (Wildman–Crippen MR) is 59.8 cm³/mol. The quantitative estimate of drug-likeness (QED) is 0.791. The summed E-state index contributed by atoms with van der Waals surface area (Å²) in [5, 5.41) is 0.169. The highest BCUT2D eigenvalue weighted by Crippen LogP contribution is 2.24. The summed E-state index contributed by atoms with van der Waals surface area (Å²) >= 11 is 8.99. The summed E-state index contributed by atoms with van der Waals surface area (Å²) in [5.74, 6) is 0.138. The van der Waals surface area contributed by atoms with Crippen molar-refractivity contribution in [3.63, 3.8) is 0 Å². The van der Waals surface area contributed by atoms with Crippen molar-refractivity contribution in [3.05, 3.63) is 21.1 Å². The Labute approximate surface area is 109 Å². The molecule has 1 aromatic heterocycles. The lowest BCUT2D eigenvalue weighted by Crippen LogP contribution is -2.17. The topological polar surface area (TPSA) is 35.0 Å². The van der Waals surface area contributed by atoms with Crippen LogP contribution in [0.25, 0.3) is 0 Å². The Balaban J connectivity index is 2.69. The Hall–Kier alpha value is -0.400. The number of hydrogen-bond donors (Lipinski definition) is 0. The van der Waals surface area contributed by atoms with E-state index in [9.17, 15) is 13.2 Å². The predicted octanol–water partition coefficient (Wildman–Crippen LogP) is 3.53. The van der Waals surface area contributed by atoms with E-state index in [1.165, 1.54) is 0 Å². The van der Waals surface area contributed by atoms with Crippen LogP contribution < -0.4 is 0 Å². The van der Waals surface area contributed by atoms with Crippen LogP contribution in [0.5, 0.6) is 0 Å². The second-order valence-electron chi connectivity index (χ2n) is 3.15. The summed E-state index contributed by atoms with van der Waals surface area (Å²) in [5.41, 5.74) is 0.635. The second kappa shape index (κ2) is 5.97. The van der Waals surface area contributed by atoms with Crippen molar-refractivity contribution >= 4 is 27.5 Å². The number of halogens is 5. The minimum absolute atomic E-state index is 0.138. The number of nitrogens with zero attached hydrogens (tertiary/aromatic N) is 2. The molecule has 0 atom stereocenters. The van der Waals surface area contributed by atoms with Crippen molar-refractivity contribution < 1.29 is 17.9 Å². The molecule has 0 N–H and O–H groups in total. The molecule has 0 bridgehead atoms. The molecule has 0 unspecified atom stereocenters. The summed E-state index contributed by atoms with van der Waals surface area (Å²) in [4.78, 5) is 7.85. The van der Waals surface area contributed by atoms with E-state index < -0.39 is 12.8 Å². The van der Waals surface area contributed by atoms with Gasteiger partial charge in [-0.2, -0.15) is 13.2 Å². The van der Waals surface area contributed by atoms with Gasteiger partial charge < -0.3 is 4.74 Å². The molecule has 8 heteroatoms. The van der Waals surface area contributed by atoms with E-state index in [1.807, 2.05) is 6.92 Å². The van der Waals surface area contributed by atoms with E-state index in [1.54, 1.807) is 0 Å². The van der Waals surface area contributed by atoms with Gasteiger partial charge in [-0.3, -0.25) is 0 Å². The Kier molecular flexibility index (Phi) is 5.15. The van der Waals surface area contributed by atoms with Gasteiger partial charge in [0.15, 0.2) is 5.82 Å². The first-order valence-electron chi connectivity index (χ1n) is 4.68. The van der Waals surface area contributed by atoms with Crippen LogP contribution >= 0.6 is 27.5 Å². The van der Waals surface area contributed by atoms with E-state index in [2.05, 4.69) is 30.6 Å². The number of ether oxygens (including phenoxy) is 1. The standard InChI is InChI=1S/C9H9BrClF3N2O/c1-2-5-7(10)8(11)16-6(15-5)3-17-4-9(12,13)14/h2-4H2,1H3. The van der Waals surface area contributed by atoms with Gasteiger partial charge in [-0.15, -0.1) is 0 Å². The van der Waals surface area contributed by atoms with E-state index in [-0.39, 0.29) is 17.6 Å². The van der Waals surface area contributed by atoms with Crippen molar-refractivity contribution in [1.82, 2.24) is 9.97 Å². The molecule has 0 aliphatic carbocycles. The molecular formula is C9H9BrClF3N2O. The van der Waals surface area contributed by atoms with Crippen LogP contribution in [0.1, 0.15) is 18.4 Å². The molecule has 17 heavy (non-hydrogen) atoms. The van der Waals surface area contributed by atoms with Crippen LogP contribution in [0.15, 0.2) is 4.47 Å². The van der Waals surface area contributed by atoms with E-state index in [4.69, 9.17) is 11.6 Å². The van der Waals surface area contributed by atoms with Crippen LogP contribution in [-0.4, -0.2) is 22.8 Å². The molecule has 0 amide bonds. The third-order valence-corrected chi connectivity index (χ3v) is 3.09. The monoisotopic (exact) mass is 332 g/mol.